The molecule has 0 amide bonds. The fourth-order valence-electron chi connectivity index (χ4n) is 2.73. The molecule has 0 atom stereocenters. The van der Waals surface area contributed by atoms with Gasteiger partial charge in [-0.2, -0.15) is 0 Å². The molecule has 0 aliphatic carbocycles. The van der Waals surface area contributed by atoms with E-state index in [1.54, 1.807) is 7.05 Å². The fraction of sp³-hybridized carbons (Fsp3) is 0.350. The summed E-state index contributed by atoms with van der Waals surface area (Å²) in [6.45, 7) is 5.26. The van der Waals surface area contributed by atoms with Gasteiger partial charge in [0.1, 0.15) is 0 Å². The molecule has 31 heavy (non-hydrogen) atoms. The van der Waals surface area contributed by atoms with E-state index in [1.165, 1.54) is 23.8 Å². The molecule has 170 valence electrons. The number of rotatable bonds is 9. The molecule has 11 heteroatoms. The third-order valence-corrected chi connectivity index (χ3v) is 5.98. The standard InChI is InChI=1S/C20H27N5O4S.HI/c1-20(2,16-8-5-4-6-9-16)15-23-19(21-3)22-12-13-24-30(28,29)18-11-7-10-17(14-18)25(26)27;/h4-11,14,24H,12-13,15H2,1-3H3,(H2,21,22,23);1H. The molecule has 0 aliphatic heterocycles. The Bertz CT molecular complexity index is 998. The Hall–Kier alpha value is -2.25. The summed E-state index contributed by atoms with van der Waals surface area (Å²) in [5, 5.41) is 17.1. The van der Waals surface area contributed by atoms with Gasteiger partial charge in [-0.3, -0.25) is 15.1 Å². The van der Waals surface area contributed by atoms with Crippen molar-refractivity contribution in [2.24, 2.45) is 4.99 Å². The van der Waals surface area contributed by atoms with E-state index in [2.05, 4.69) is 46.3 Å². The van der Waals surface area contributed by atoms with E-state index in [1.807, 2.05) is 18.2 Å². The number of hydrogen-bond acceptors (Lipinski definition) is 5. The summed E-state index contributed by atoms with van der Waals surface area (Å²) in [6.07, 6.45) is 0. The molecule has 0 saturated carbocycles. The first kappa shape index (κ1) is 26.8. The molecule has 2 aromatic carbocycles. The summed E-state index contributed by atoms with van der Waals surface area (Å²) >= 11 is 0. The van der Waals surface area contributed by atoms with E-state index >= 15 is 0 Å². The zero-order chi connectivity index (χ0) is 22.2. The van der Waals surface area contributed by atoms with Crippen molar-refractivity contribution in [3.05, 3.63) is 70.3 Å². The largest absolute Gasteiger partial charge is 0.356 e. The number of nitrogens with one attached hydrogen (secondary N) is 3. The predicted octanol–water partition coefficient (Wildman–Crippen LogP) is 2.63. The molecule has 2 rings (SSSR count). The second kappa shape index (κ2) is 12.0. The lowest BCUT2D eigenvalue weighted by Gasteiger charge is -2.26. The number of guanidine groups is 1. The van der Waals surface area contributed by atoms with E-state index in [4.69, 9.17) is 0 Å². The summed E-state index contributed by atoms with van der Waals surface area (Å²) in [5.74, 6) is 0.550. The highest BCUT2D eigenvalue weighted by Crippen LogP contribution is 2.21. The SMILES string of the molecule is CN=C(NCCNS(=O)(=O)c1cccc([N+](=O)[O-])c1)NCC(C)(C)c1ccccc1.I. The van der Waals surface area contributed by atoms with Crippen molar-refractivity contribution in [3.8, 4) is 0 Å². The molecule has 3 N–H and O–H groups in total. The summed E-state index contributed by atoms with van der Waals surface area (Å²) < 4.78 is 27.1. The van der Waals surface area contributed by atoms with Gasteiger partial charge in [0.15, 0.2) is 5.96 Å². The zero-order valence-electron chi connectivity index (χ0n) is 17.7. The quantitative estimate of drug-likeness (QED) is 0.108. The van der Waals surface area contributed by atoms with Crippen LogP contribution in [0, 0.1) is 10.1 Å². The molecular weight excluding hydrogens is 533 g/mol. The maximum atomic E-state index is 12.3. The lowest BCUT2D eigenvalue weighted by molar-refractivity contribution is -0.385. The first-order chi connectivity index (χ1) is 14.2. The molecule has 2 aromatic rings. The van der Waals surface area contributed by atoms with Gasteiger partial charge in [-0.1, -0.05) is 50.2 Å². The number of nitrogens with zero attached hydrogens (tertiary/aromatic N) is 2. The van der Waals surface area contributed by atoms with E-state index < -0.39 is 14.9 Å². The first-order valence-electron chi connectivity index (χ1n) is 9.40. The van der Waals surface area contributed by atoms with E-state index in [0.29, 0.717) is 19.0 Å². The normalized spacial score (nSPS) is 12.0. The van der Waals surface area contributed by atoms with Crippen molar-refractivity contribution in [3.63, 3.8) is 0 Å². The third kappa shape index (κ3) is 8.07. The van der Waals surface area contributed by atoms with Gasteiger partial charge in [-0.25, -0.2) is 13.1 Å². The number of sulfonamides is 1. The summed E-state index contributed by atoms with van der Waals surface area (Å²) in [5.41, 5.74) is 0.793. The van der Waals surface area contributed by atoms with Crippen LogP contribution in [0.25, 0.3) is 0 Å². The minimum Gasteiger partial charge on any atom is -0.356 e. The average Bonchev–Trinajstić information content (AvgIpc) is 2.74. The number of benzene rings is 2. The maximum absolute atomic E-state index is 12.3. The third-order valence-electron chi connectivity index (χ3n) is 4.52. The molecule has 0 radical (unpaired) electrons. The molecule has 0 bridgehead atoms. The van der Waals surface area contributed by atoms with Gasteiger partial charge < -0.3 is 10.6 Å². The molecule has 0 heterocycles. The predicted molar refractivity (Wildman–Crippen MR) is 133 cm³/mol. The number of nitro groups is 1. The highest BCUT2D eigenvalue weighted by molar-refractivity contribution is 14.0. The van der Waals surface area contributed by atoms with Crippen LogP contribution in [0.3, 0.4) is 0 Å². The molecular formula is C20H28IN5O4S. The first-order valence-corrected chi connectivity index (χ1v) is 10.9. The number of non-ortho nitro benzene ring substituents is 1. The van der Waals surface area contributed by atoms with Crippen LogP contribution in [0.2, 0.25) is 0 Å². The molecule has 9 nitrogen and oxygen atoms in total. The molecule has 0 saturated heterocycles. The Morgan fingerprint density at radius 2 is 1.74 bits per heavy atom. The van der Waals surface area contributed by atoms with Gasteiger partial charge in [-0.15, -0.1) is 24.0 Å². The van der Waals surface area contributed by atoms with Crippen LogP contribution < -0.4 is 15.4 Å². The number of hydrogen-bond donors (Lipinski definition) is 3. The highest BCUT2D eigenvalue weighted by Gasteiger charge is 2.21. The van der Waals surface area contributed by atoms with Crippen LogP contribution in [0.1, 0.15) is 19.4 Å². The van der Waals surface area contributed by atoms with Gasteiger partial charge >= 0.3 is 0 Å². The lowest BCUT2D eigenvalue weighted by Crippen LogP contribution is -2.45. The average molecular weight is 561 g/mol. The molecule has 0 spiro atoms. The Kier molecular flexibility index (Phi) is 10.3. The van der Waals surface area contributed by atoms with Gasteiger partial charge in [0.25, 0.3) is 5.69 Å². The summed E-state index contributed by atoms with van der Waals surface area (Å²) in [7, 11) is -2.21. The van der Waals surface area contributed by atoms with Gasteiger partial charge in [0.2, 0.25) is 10.0 Å². The van der Waals surface area contributed by atoms with Crippen molar-refractivity contribution in [1.82, 2.24) is 15.4 Å². The minimum absolute atomic E-state index is 0. The van der Waals surface area contributed by atoms with Crippen LogP contribution >= 0.6 is 24.0 Å². The van der Waals surface area contributed by atoms with Gasteiger partial charge in [0, 0.05) is 44.2 Å². The maximum Gasteiger partial charge on any atom is 0.270 e. The van der Waals surface area contributed by atoms with Crippen molar-refractivity contribution < 1.29 is 13.3 Å². The van der Waals surface area contributed by atoms with Crippen molar-refractivity contribution in [2.75, 3.05) is 26.7 Å². The molecule has 0 aliphatic rings. The van der Waals surface area contributed by atoms with Crippen LogP contribution in [-0.2, 0) is 15.4 Å². The van der Waals surface area contributed by atoms with Crippen molar-refractivity contribution >= 4 is 45.6 Å². The number of aliphatic imine (C=N–C) groups is 1. The van der Waals surface area contributed by atoms with E-state index in [9.17, 15) is 18.5 Å². The van der Waals surface area contributed by atoms with E-state index in [0.717, 1.165) is 6.07 Å². The van der Waals surface area contributed by atoms with Crippen molar-refractivity contribution in [1.29, 1.82) is 0 Å². The Morgan fingerprint density at radius 1 is 1.06 bits per heavy atom. The molecule has 0 fully saturated rings. The second-order valence-corrected chi connectivity index (χ2v) is 9.02. The minimum atomic E-state index is -3.85. The Labute approximate surface area is 200 Å². The van der Waals surface area contributed by atoms with Gasteiger partial charge in [-0.05, 0) is 11.6 Å². The summed E-state index contributed by atoms with van der Waals surface area (Å²) in [6, 6.07) is 15.0. The second-order valence-electron chi connectivity index (χ2n) is 7.25. The van der Waals surface area contributed by atoms with E-state index in [-0.39, 0.29) is 46.5 Å². The summed E-state index contributed by atoms with van der Waals surface area (Å²) in [4.78, 5) is 14.2. The number of nitro benzene ring substituents is 1. The van der Waals surface area contributed by atoms with Crippen molar-refractivity contribution in [2.45, 2.75) is 24.2 Å². The van der Waals surface area contributed by atoms with Crippen LogP contribution in [0.4, 0.5) is 5.69 Å². The van der Waals surface area contributed by atoms with Gasteiger partial charge in [0.05, 0.1) is 9.82 Å². The van der Waals surface area contributed by atoms with Crippen LogP contribution in [0.15, 0.2) is 64.5 Å². The topological polar surface area (TPSA) is 126 Å². The smallest absolute Gasteiger partial charge is 0.270 e. The number of halogens is 1. The monoisotopic (exact) mass is 561 g/mol. The molecule has 0 unspecified atom stereocenters. The van der Waals surface area contributed by atoms with Crippen LogP contribution in [0.5, 0.6) is 0 Å². The Balaban J connectivity index is 0.00000480. The highest BCUT2D eigenvalue weighted by atomic mass is 127. The molecule has 0 aromatic heterocycles. The zero-order valence-corrected chi connectivity index (χ0v) is 20.8. The van der Waals surface area contributed by atoms with Crippen LogP contribution in [-0.4, -0.2) is 46.0 Å². The Morgan fingerprint density at radius 3 is 2.35 bits per heavy atom. The lowest BCUT2D eigenvalue weighted by atomic mass is 9.85. The fourth-order valence-corrected chi connectivity index (χ4v) is 3.80.